The number of hydrogen-bond donors (Lipinski definition) is 1. The molecule has 4 rings (SSSR count). The van der Waals surface area contributed by atoms with Gasteiger partial charge in [-0.15, -0.1) is 0 Å². The number of aromatic carboxylic acids is 1. The zero-order valence-electron chi connectivity index (χ0n) is 13.4. The first-order valence-electron chi connectivity index (χ1n) is 8.02. The Bertz CT molecular complexity index is 925. The Kier molecular flexibility index (Phi) is 3.82. The molecule has 0 spiro atoms. The fraction of sp³-hybridized carbons (Fsp3) is 0.100. The van der Waals surface area contributed by atoms with Crippen LogP contribution in [0.5, 0.6) is 5.75 Å². The van der Waals surface area contributed by atoms with Crippen molar-refractivity contribution < 1.29 is 14.6 Å². The number of fused-ring (bicyclic) bond motifs is 1. The molecule has 0 unspecified atom stereocenters. The molecular formula is C20H16N2O3. The molecule has 25 heavy (non-hydrogen) atoms. The number of pyridine rings is 1. The number of benzene rings is 2. The Morgan fingerprint density at radius 2 is 1.88 bits per heavy atom. The molecule has 0 aliphatic carbocycles. The third-order valence-corrected chi connectivity index (χ3v) is 4.14. The Hall–Kier alpha value is -3.34. The van der Waals surface area contributed by atoms with Gasteiger partial charge in [-0.1, -0.05) is 30.3 Å². The minimum absolute atomic E-state index is 0.244. The van der Waals surface area contributed by atoms with Crippen LogP contribution < -0.4 is 9.64 Å². The summed E-state index contributed by atoms with van der Waals surface area (Å²) in [6, 6.07) is 20.6. The van der Waals surface area contributed by atoms with Gasteiger partial charge in [0.2, 0.25) is 0 Å². The van der Waals surface area contributed by atoms with Crippen LogP contribution in [0.4, 0.5) is 11.5 Å². The molecule has 0 atom stereocenters. The highest BCUT2D eigenvalue weighted by Gasteiger charge is 2.22. The molecule has 5 heteroatoms. The summed E-state index contributed by atoms with van der Waals surface area (Å²) in [6.07, 6.45) is 0. The smallest absolute Gasteiger partial charge is 0.335 e. The summed E-state index contributed by atoms with van der Waals surface area (Å²) in [5.74, 6) is 0.526. The van der Waals surface area contributed by atoms with Crippen LogP contribution >= 0.6 is 0 Å². The number of rotatable bonds is 3. The van der Waals surface area contributed by atoms with E-state index in [1.807, 2.05) is 48.5 Å². The standard InChI is InChI=1S/C20H16N2O3/c23-20(24)15-6-4-5-14(13-15)17-9-10-18-19(21-17)22(11-12-25-18)16-7-2-1-3-8-16/h1-10,13H,11-12H2,(H,23,24). The highest BCUT2D eigenvalue weighted by atomic mass is 16.5. The molecule has 5 nitrogen and oxygen atoms in total. The lowest BCUT2D eigenvalue weighted by molar-refractivity contribution is 0.0697. The first kappa shape index (κ1) is 15.2. The Morgan fingerprint density at radius 3 is 2.68 bits per heavy atom. The normalized spacial score (nSPS) is 13.0. The molecule has 3 aromatic rings. The SMILES string of the molecule is O=C(O)c1cccc(-c2ccc3c(n2)N(c2ccccc2)CCO3)c1. The van der Waals surface area contributed by atoms with Crippen molar-refractivity contribution in [3.8, 4) is 17.0 Å². The van der Waals surface area contributed by atoms with Gasteiger partial charge in [0, 0.05) is 11.3 Å². The molecule has 0 saturated carbocycles. The van der Waals surface area contributed by atoms with Gasteiger partial charge in [0.05, 0.1) is 17.8 Å². The molecule has 1 aromatic heterocycles. The second kappa shape index (κ2) is 6.28. The molecule has 0 bridgehead atoms. The van der Waals surface area contributed by atoms with Gasteiger partial charge in [0.15, 0.2) is 11.6 Å². The molecule has 2 aromatic carbocycles. The summed E-state index contributed by atoms with van der Waals surface area (Å²) in [4.78, 5) is 18.1. The summed E-state index contributed by atoms with van der Waals surface area (Å²) in [7, 11) is 0. The molecule has 0 amide bonds. The third kappa shape index (κ3) is 2.92. The maximum atomic E-state index is 11.2. The van der Waals surface area contributed by atoms with Gasteiger partial charge in [-0.05, 0) is 36.4 Å². The van der Waals surface area contributed by atoms with Crippen molar-refractivity contribution in [1.82, 2.24) is 4.98 Å². The van der Waals surface area contributed by atoms with Gasteiger partial charge in [0.25, 0.3) is 0 Å². The maximum Gasteiger partial charge on any atom is 0.335 e. The lowest BCUT2D eigenvalue weighted by Crippen LogP contribution is -2.29. The molecule has 0 saturated heterocycles. The number of anilines is 2. The van der Waals surface area contributed by atoms with E-state index in [1.165, 1.54) is 0 Å². The van der Waals surface area contributed by atoms with Crippen LogP contribution in [0.25, 0.3) is 11.3 Å². The van der Waals surface area contributed by atoms with Crippen LogP contribution in [0.2, 0.25) is 0 Å². The second-order valence-corrected chi connectivity index (χ2v) is 5.74. The van der Waals surface area contributed by atoms with E-state index in [0.717, 1.165) is 22.8 Å². The van der Waals surface area contributed by atoms with Crippen LogP contribution in [-0.2, 0) is 0 Å². The molecule has 0 fully saturated rings. The predicted octanol–water partition coefficient (Wildman–Crippen LogP) is 3.98. The van der Waals surface area contributed by atoms with E-state index in [2.05, 4.69) is 4.90 Å². The topological polar surface area (TPSA) is 62.7 Å². The van der Waals surface area contributed by atoms with Crippen LogP contribution in [0.1, 0.15) is 10.4 Å². The van der Waals surface area contributed by atoms with E-state index in [-0.39, 0.29) is 5.56 Å². The fourth-order valence-corrected chi connectivity index (χ4v) is 2.93. The Labute approximate surface area is 145 Å². The molecular weight excluding hydrogens is 316 g/mol. The zero-order chi connectivity index (χ0) is 17.2. The molecule has 1 aliphatic rings. The summed E-state index contributed by atoms with van der Waals surface area (Å²) in [6.45, 7) is 1.31. The summed E-state index contributed by atoms with van der Waals surface area (Å²) in [5.41, 5.74) is 2.78. The molecule has 2 heterocycles. The fourth-order valence-electron chi connectivity index (χ4n) is 2.93. The van der Waals surface area contributed by atoms with Gasteiger partial charge < -0.3 is 14.7 Å². The van der Waals surface area contributed by atoms with E-state index >= 15 is 0 Å². The first-order chi connectivity index (χ1) is 12.2. The maximum absolute atomic E-state index is 11.2. The zero-order valence-corrected chi connectivity index (χ0v) is 13.4. The molecule has 0 radical (unpaired) electrons. The Morgan fingerprint density at radius 1 is 1.04 bits per heavy atom. The highest BCUT2D eigenvalue weighted by Crippen LogP contribution is 2.36. The Balaban J connectivity index is 1.78. The van der Waals surface area contributed by atoms with Gasteiger partial charge in [-0.25, -0.2) is 9.78 Å². The minimum Gasteiger partial charge on any atom is -0.488 e. The van der Waals surface area contributed by atoms with Gasteiger partial charge >= 0.3 is 5.97 Å². The van der Waals surface area contributed by atoms with E-state index in [0.29, 0.717) is 18.8 Å². The van der Waals surface area contributed by atoms with Crippen LogP contribution in [0.3, 0.4) is 0 Å². The molecule has 1 N–H and O–H groups in total. The van der Waals surface area contributed by atoms with E-state index < -0.39 is 5.97 Å². The van der Waals surface area contributed by atoms with E-state index in [9.17, 15) is 9.90 Å². The van der Waals surface area contributed by atoms with Gasteiger partial charge in [0.1, 0.15) is 6.61 Å². The average molecular weight is 332 g/mol. The van der Waals surface area contributed by atoms with Crippen molar-refractivity contribution in [3.05, 3.63) is 72.3 Å². The minimum atomic E-state index is -0.950. The molecule has 1 aliphatic heterocycles. The predicted molar refractivity (Wildman–Crippen MR) is 95.6 cm³/mol. The van der Waals surface area contributed by atoms with Crippen molar-refractivity contribution in [3.63, 3.8) is 0 Å². The number of aromatic nitrogens is 1. The lowest BCUT2D eigenvalue weighted by Gasteiger charge is -2.30. The average Bonchev–Trinajstić information content (AvgIpc) is 2.68. The number of nitrogens with zero attached hydrogens (tertiary/aromatic N) is 2. The number of ether oxygens (including phenoxy) is 1. The summed E-state index contributed by atoms with van der Waals surface area (Å²) < 4.78 is 5.73. The van der Waals surface area contributed by atoms with Gasteiger partial charge in [-0.2, -0.15) is 0 Å². The van der Waals surface area contributed by atoms with E-state index in [4.69, 9.17) is 9.72 Å². The second-order valence-electron chi connectivity index (χ2n) is 5.74. The quantitative estimate of drug-likeness (QED) is 0.786. The van der Waals surface area contributed by atoms with Gasteiger partial charge in [-0.3, -0.25) is 0 Å². The molecule has 124 valence electrons. The largest absolute Gasteiger partial charge is 0.488 e. The van der Waals surface area contributed by atoms with Crippen molar-refractivity contribution in [1.29, 1.82) is 0 Å². The third-order valence-electron chi connectivity index (χ3n) is 4.14. The number of hydrogen-bond acceptors (Lipinski definition) is 4. The first-order valence-corrected chi connectivity index (χ1v) is 8.02. The van der Waals surface area contributed by atoms with Crippen molar-refractivity contribution in [2.75, 3.05) is 18.1 Å². The number of carboxylic acids is 1. The number of carbonyl (C=O) groups is 1. The van der Waals surface area contributed by atoms with Crippen molar-refractivity contribution in [2.24, 2.45) is 0 Å². The lowest BCUT2D eigenvalue weighted by atomic mass is 10.1. The van der Waals surface area contributed by atoms with Crippen LogP contribution in [-0.4, -0.2) is 29.2 Å². The summed E-state index contributed by atoms with van der Waals surface area (Å²) in [5, 5.41) is 9.19. The number of carboxylic acid groups (broad SMARTS) is 1. The van der Waals surface area contributed by atoms with Crippen molar-refractivity contribution in [2.45, 2.75) is 0 Å². The van der Waals surface area contributed by atoms with Crippen LogP contribution in [0, 0.1) is 0 Å². The number of para-hydroxylation sites is 1. The summed E-state index contributed by atoms with van der Waals surface area (Å²) >= 11 is 0. The van der Waals surface area contributed by atoms with E-state index in [1.54, 1.807) is 18.2 Å². The monoisotopic (exact) mass is 332 g/mol. The highest BCUT2D eigenvalue weighted by molar-refractivity contribution is 5.89. The van der Waals surface area contributed by atoms with Crippen molar-refractivity contribution >= 4 is 17.5 Å². The van der Waals surface area contributed by atoms with Crippen LogP contribution in [0.15, 0.2) is 66.7 Å².